The first-order valence-electron chi connectivity index (χ1n) is 8.70. The van der Waals surface area contributed by atoms with E-state index in [0.29, 0.717) is 5.69 Å². The molecule has 2 atom stereocenters. The quantitative estimate of drug-likeness (QED) is 0.915. The summed E-state index contributed by atoms with van der Waals surface area (Å²) in [5, 5.41) is 3.31. The summed E-state index contributed by atoms with van der Waals surface area (Å²) in [7, 11) is 2.01. The van der Waals surface area contributed by atoms with E-state index >= 15 is 0 Å². The summed E-state index contributed by atoms with van der Waals surface area (Å²) < 4.78 is 13.9. The molecule has 2 aliphatic rings. The first-order valence-corrected chi connectivity index (χ1v) is 8.70. The minimum atomic E-state index is -0.215. The maximum atomic E-state index is 13.9. The molecule has 2 aromatic rings. The summed E-state index contributed by atoms with van der Waals surface area (Å²) in [5.41, 5.74) is 2.22. The lowest BCUT2D eigenvalue weighted by molar-refractivity contribution is 0.124. The molecule has 0 aliphatic carbocycles. The third-order valence-corrected chi connectivity index (χ3v) is 4.71. The van der Waals surface area contributed by atoms with Gasteiger partial charge in [-0.1, -0.05) is 12.1 Å². The van der Waals surface area contributed by atoms with Crippen molar-refractivity contribution >= 4 is 11.4 Å². The molecule has 4 rings (SSSR count). The Hall–Kier alpha value is -2.80. The van der Waals surface area contributed by atoms with Crippen LogP contribution in [-0.2, 0) is 0 Å². The van der Waals surface area contributed by atoms with Gasteiger partial charge in [0.05, 0.1) is 17.1 Å². The number of allylic oxidation sites excluding steroid dienone is 1. The molecular weight excluding hydrogens is 331 g/mol. The van der Waals surface area contributed by atoms with E-state index < -0.39 is 0 Å². The molecule has 1 N–H and O–H groups in total. The van der Waals surface area contributed by atoms with Crippen LogP contribution in [0, 0.1) is 5.82 Å². The molecule has 0 radical (unpaired) electrons. The average molecular weight is 352 g/mol. The Morgan fingerprint density at radius 1 is 1.23 bits per heavy atom. The van der Waals surface area contributed by atoms with Crippen molar-refractivity contribution in [2.45, 2.75) is 18.8 Å². The van der Waals surface area contributed by atoms with E-state index in [4.69, 9.17) is 4.99 Å². The molecule has 26 heavy (non-hydrogen) atoms. The second-order valence-corrected chi connectivity index (χ2v) is 6.54. The Balaban J connectivity index is 1.46. The fourth-order valence-corrected chi connectivity index (χ4v) is 3.37. The minimum absolute atomic E-state index is 0.0858. The molecule has 3 heterocycles. The number of para-hydroxylation sites is 1. The van der Waals surface area contributed by atoms with Crippen molar-refractivity contribution in [2.24, 2.45) is 4.99 Å². The highest BCUT2D eigenvalue weighted by Gasteiger charge is 2.31. The van der Waals surface area contributed by atoms with E-state index in [1.807, 2.05) is 31.5 Å². The van der Waals surface area contributed by atoms with Crippen molar-refractivity contribution in [2.75, 3.05) is 25.5 Å². The van der Waals surface area contributed by atoms with Gasteiger partial charge in [0, 0.05) is 38.6 Å². The molecule has 1 aromatic carbocycles. The second kappa shape index (κ2) is 7.21. The van der Waals surface area contributed by atoms with Gasteiger partial charge in [0.2, 0.25) is 0 Å². The Morgan fingerprint density at radius 3 is 2.92 bits per heavy atom. The van der Waals surface area contributed by atoms with Crippen LogP contribution in [0.3, 0.4) is 0 Å². The van der Waals surface area contributed by atoms with E-state index in [9.17, 15) is 4.39 Å². The van der Waals surface area contributed by atoms with Gasteiger partial charge < -0.3 is 10.2 Å². The van der Waals surface area contributed by atoms with Gasteiger partial charge >= 0.3 is 0 Å². The van der Waals surface area contributed by atoms with Crippen molar-refractivity contribution in [3.63, 3.8) is 0 Å². The molecule has 2 aliphatic heterocycles. The number of anilines is 1. The smallest absolute Gasteiger partial charge is 0.178 e. The number of rotatable bonds is 4. The SMILES string of the molecule is CN1C=CC(c2ccncn2)=NC1N1CC[C@@H](Nc2ccccc2F)C1. The highest BCUT2D eigenvalue weighted by molar-refractivity contribution is 6.07. The van der Waals surface area contributed by atoms with Gasteiger partial charge in [-0.15, -0.1) is 0 Å². The molecule has 0 spiro atoms. The van der Waals surface area contributed by atoms with Gasteiger partial charge in [-0.25, -0.2) is 19.4 Å². The fraction of sp³-hybridized carbons (Fsp3) is 0.316. The van der Waals surface area contributed by atoms with Gasteiger partial charge in [-0.2, -0.15) is 0 Å². The largest absolute Gasteiger partial charge is 0.379 e. The van der Waals surface area contributed by atoms with Gasteiger partial charge in [0.25, 0.3) is 0 Å². The Labute approximate surface area is 152 Å². The number of hydrogen-bond acceptors (Lipinski definition) is 6. The van der Waals surface area contributed by atoms with E-state index in [1.54, 1.807) is 18.3 Å². The van der Waals surface area contributed by atoms with Crippen molar-refractivity contribution < 1.29 is 4.39 Å². The van der Waals surface area contributed by atoms with Crippen LogP contribution in [-0.4, -0.2) is 57.9 Å². The number of halogens is 1. The fourth-order valence-electron chi connectivity index (χ4n) is 3.37. The highest BCUT2D eigenvalue weighted by atomic mass is 19.1. The van der Waals surface area contributed by atoms with Crippen LogP contribution in [0.2, 0.25) is 0 Å². The first-order chi connectivity index (χ1) is 12.7. The van der Waals surface area contributed by atoms with Crippen LogP contribution < -0.4 is 5.32 Å². The molecule has 1 fully saturated rings. The molecule has 7 heteroatoms. The van der Waals surface area contributed by atoms with Crippen molar-refractivity contribution in [3.05, 3.63) is 66.6 Å². The average Bonchev–Trinajstić information content (AvgIpc) is 3.13. The number of benzene rings is 1. The number of aliphatic imine (C=N–C) groups is 1. The van der Waals surface area contributed by atoms with Gasteiger partial charge in [-0.3, -0.25) is 4.90 Å². The molecule has 6 nitrogen and oxygen atoms in total. The van der Waals surface area contributed by atoms with Crippen molar-refractivity contribution in [1.82, 2.24) is 19.8 Å². The number of nitrogens with zero attached hydrogens (tertiary/aromatic N) is 5. The topological polar surface area (TPSA) is 56.7 Å². The molecule has 0 amide bonds. The standard InChI is InChI=1S/C19H21FN6/c1-25-10-8-18(17-6-9-21-13-22-17)24-19(25)26-11-7-14(12-26)23-16-5-3-2-4-15(16)20/h2-6,8-10,13-14,19,23H,7,11-12H2,1H3/t14-,19?/m1/s1. The number of hydrogen-bond donors (Lipinski definition) is 1. The third-order valence-electron chi connectivity index (χ3n) is 4.71. The predicted molar refractivity (Wildman–Crippen MR) is 99.3 cm³/mol. The van der Waals surface area contributed by atoms with Crippen LogP contribution >= 0.6 is 0 Å². The summed E-state index contributed by atoms with van der Waals surface area (Å²) in [6, 6.07) is 8.86. The normalized spacial score (nSPS) is 23.2. The Morgan fingerprint density at radius 2 is 2.12 bits per heavy atom. The molecule has 1 saturated heterocycles. The van der Waals surface area contributed by atoms with E-state index in [-0.39, 0.29) is 18.1 Å². The maximum absolute atomic E-state index is 13.9. The molecule has 1 unspecified atom stereocenters. The van der Waals surface area contributed by atoms with Gasteiger partial charge in [0.15, 0.2) is 6.29 Å². The van der Waals surface area contributed by atoms with Crippen molar-refractivity contribution in [1.29, 1.82) is 0 Å². The first kappa shape index (κ1) is 16.7. The lowest BCUT2D eigenvalue weighted by atomic mass is 10.2. The number of nitrogens with one attached hydrogen (secondary N) is 1. The van der Waals surface area contributed by atoms with Crippen molar-refractivity contribution in [3.8, 4) is 0 Å². The lowest BCUT2D eigenvalue weighted by Gasteiger charge is -2.34. The zero-order valence-corrected chi connectivity index (χ0v) is 14.6. The third kappa shape index (κ3) is 3.43. The van der Waals surface area contributed by atoms with Gasteiger partial charge in [-0.05, 0) is 30.7 Å². The molecule has 1 aromatic heterocycles. The Bertz CT molecular complexity index is 822. The molecule has 0 saturated carbocycles. The van der Waals surface area contributed by atoms with Crippen LogP contribution in [0.25, 0.3) is 0 Å². The lowest BCUT2D eigenvalue weighted by Crippen LogP contribution is -2.44. The zero-order chi connectivity index (χ0) is 17.9. The second-order valence-electron chi connectivity index (χ2n) is 6.54. The number of aromatic nitrogens is 2. The van der Waals surface area contributed by atoms with E-state index in [2.05, 4.69) is 25.1 Å². The van der Waals surface area contributed by atoms with Crippen LogP contribution in [0.15, 0.2) is 60.1 Å². The molecule has 0 bridgehead atoms. The number of likely N-dealkylation sites (tertiary alicyclic amines) is 1. The maximum Gasteiger partial charge on any atom is 0.178 e. The minimum Gasteiger partial charge on any atom is -0.379 e. The highest BCUT2D eigenvalue weighted by Crippen LogP contribution is 2.23. The molecular formula is C19H21FN6. The summed E-state index contributed by atoms with van der Waals surface area (Å²) in [4.78, 5) is 17.5. The summed E-state index contributed by atoms with van der Waals surface area (Å²) in [5.74, 6) is -0.215. The summed E-state index contributed by atoms with van der Waals surface area (Å²) >= 11 is 0. The van der Waals surface area contributed by atoms with Crippen LogP contribution in [0.1, 0.15) is 12.1 Å². The van der Waals surface area contributed by atoms with E-state index in [0.717, 1.165) is 30.9 Å². The zero-order valence-electron chi connectivity index (χ0n) is 14.6. The monoisotopic (exact) mass is 352 g/mol. The van der Waals surface area contributed by atoms with Crippen LogP contribution in [0.4, 0.5) is 10.1 Å². The Kier molecular flexibility index (Phi) is 4.62. The van der Waals surface area contributed by atoms with Crippen LogP contribution in [0.5, 0.6) is 0 Å². The molecule has 134 valence electrons. The summed E-state index contributed by atoms with van der Waals surface area (Å²) in [6.45, 7) is 1.70. The van der Waals surface area contributed by atoms with E-state index in [1.165, 1.54) is 12.4 Å². The summed E-state index contributed by atoms with van der Waals surface area (Å²) in [6.07, 6.45) is 8.09. The van der Waals surface area contributed by atoms with Gasteiger partial charge in [0.1, 0.15) is 12.1 Å². The predicted octanol–water partition coefficient (Wildman–Crippen LogP) is 2.33.